The molecule has 0 aliphatic carbocycles. The molecule has 1 aromatic heterocycles. The van der Waals surface area contributed by atoms with E-state index in [1.165, 1.54) is 0 Å². The molecule has 2 amide bonds. The van der Waals surface area contributed by atoms with Crippen LogP contribution in [0.25, 0.3) is 0 Å². The molecule has 0 aliphatic heterocycles. The molecule has 98 valence electrons. The third-order valence-electron chi connectivity index (χ3n) is 2.43. The van der Waals surface area contributed by atoms with Crippen LogP contribution in [0.5, 0.6) is 0 Å². The van der Waals surface area contributed by atoms with Gasteiger partial charge in [-0.2, -0.15) is 0 Å². The van der Waals surface area contributed by atoms with Crippen LogP contribution in [0.2, 0.25) is 0 Å². The normalized spacial score (nSPS) is 9.89. The van der Waals surface area contributed by atoms with Crippen molar-refractivity contribution in [2.45, 2.75) is 33.1 Å². The number of amides is 2. The van der Waals surface area contributed by atoms with E-state index >= 15 is 0 Å². The summed E-state index contributed by atoms with van der Waals surface area (Å²) in [6.07, 6.45) is 4.60. The molecule has 1 aromatic rings. The van der Waals surface area contributed by atoms with Crippen molar-refractivity contribution in [3.63, 3.8) is 0 Å². The Bertz CT molecular complexity index is 418. The number of anilines is 1. The number of aryl methyl sites for hydroxylation is 1. The molecule has 0 aromatic carbocycles. The summed E-state index contributed by atoms with van der Waals surface area (Å²) >= 11 is 0. The van der Waals surface area contributed by atoms with Crippen molar-refractivity contribution in [3.05, 3.63) is 23.9 Å². The second-order valence-electron chi connectivity index (χ2n) is 4.14. The standard InChI is InChI=1S/C13H19N3O2/c1-3-4-5-7-15-12(17)13(18)16-11-9-10(2)6-8-14-11/h6,8-9H,3-5,7H2,1-2H3,(H,15,17)(H,14,16,18). The molecule has 0 unspecified atom stereocenters. The maximum absolute atomic E-state index is 11.5. The van der Waals surface area contributed by atoms with Gasteiger partial charge in [-0.1, -0.05) is 19.8 Å². The molecule has 0 spiro atoms. The highest BCUT2D eigenvalue weighted by Gasteiger charge is 2.13. The third kappa shape index (κ3) is 4.95. The Balaban J connectivity index is 2.38. The van der Waals surface area contributed by atoms with Gasteiger partial charge in [-0.25, -0.2) is 4.98 Å². The average Bonchev–Trinajstić information content (AvgIpc) is 2.34. The van der Waals surface area contributed by atoms with E-state index in [0.29, 0.717) is 12.4 Å². The van der Waals surface area contributed by atoms with Crippen molar-refractivity contribution in [1.29, 1.82) is 0 Å². The smallest absolute Gasteiger partial charge is 0.314 e. The third-order valence-corrected chi connectivity index (χ3v) is 2.43. The summed E-state index contributed by atoms with van der Waals surface area (Å²) in [5, 5.41) is 5.03. The minimum atomic E-state index is -0.676. The highest BCUT2D eigenvalue weighted by Crippen LogP contribution is 2.04. The summed E-state index contributed by atoms with van der Waals surface area (Å²) in [4.78, 5) is 26.9. The Labute approximate surface area is 107 Å². The van der Waals surface area contributed by atoms with E-state index in [1.54, 1.807) is 12.3 Å². The van der Waals surface area contributed by atoms with Gasteiger partial charge in [0.15, 0.2) is 0 Å². The number of aromatic nitrogens is 1. The summed E-state index contributed by atoms with van der Waals surface area (Å²) in [5.41, 5.74) is 0.976. The largest absolute Gasteiger partial charge is 0.348 e. The number of rotatable bonds is 5. The molecule has 1 rings (SSSR count). The van der Waals surface area contributed by atoms with E-state index in [1.807, 2.05) is 13.0 Å². The summed E-state index contributed by atoms with van der Waals surface area (Å²) in [6, 6.07) is 3.53. The van der Waals surface area contributed by atoms with Crippen LogP contribution in [0.4, 0.5) is 5.82 Å². The fraction of sp³-hybridized carbons (Fsp3) is 0.462. The molecule has 5 heteroatoms. The number of hydrogen-bond acceptors (Lipinski definition) is 3. The predicted molar refractivity (Wildman–Crippen MR) is 70.1 cm³/mol. The number of unbranched alkanes of at least 4 members (excludes halogenated alkanes) is 2. The zero-order valence-corrected chi connectivity index (χ0v) is 10.8. The number of hydrogen-bond donors (Lipinski definition) is 2. The van der Waals surface area contributed by atoms with Crippen molar-refractivity contribution >= 4 is 17.6 Å². The highest BCUT2D eigenvalue weighted by atomic mass is 16.2. The van der Waals surface area contributed by atoms with Gasteiger partial charge in [-0.05, 0) is 31.0 Å². The summed E-state index contributed by atoms with van der Waals surface area (Å²) < 4.78 is 0. The number of nitrogens with zero attached hydrogens (tertiary/aromatic N) is 1. The second-order valence-corrected chi connectivity index (χ2v) is 4.14. The van der Waals surface area contributed by atoms with Gasteiger partial charge in [0.05, 0.1) is 0 Å². The van der Waals surface area contributed by atoms with Crippen molar-refractivity contribution in [3.8, 4) is 0 Å². The topological polar surface area (TPSA) is 71.1 Å². The molecule has 2 N–H and O–H groups in total. The minimum Gasteiger partial charge on any atom is -0.348 e. The van der Waals surface area contributed by atoms with Crippen LogP contribution in [0.1, 0.15) is 31.7 Å². The summed E-state index contributed by atoms with van der Waals surface area (Å²) in [7, 11) is 0. The van der Waals surface area contributed by atoms with E-state index < -0.39 is 11.8 Å². The second kappa shape index (κ2) is 7.42. The van der Waals surface area contributed by atoms with Crippen LogP contribution in [0.15, 0.2) is 18.3 Å². The molecule has 18 heavy (non-hydrogen) atoms. The Hall–Kier alpha value is -1.91. The first-order valence-electron chi connectivity index (χ1n) is 6.15. The van der Waals surface area contributed by atoms with Crippen molar-refractivity contribution in [2.75, 3.05) is 11.9 Å². The van der Waals surface area contributed by atoms with Crippen molar-refractivity contribution in [2.24, 2.45) is 0 Å². The van der Waals surface area contributed by atoms with Gasteiger partial charge in [0.1, 0.15) is 5.82 Å². The van der Waals surface area contributed by atoms with Gasteiger partial charge in [0.25, 0.3) is 0 Å². The van der Waals surface area contributed by atoms with Gasteiger partial charge >= 0.3 is 11.8 Å². The van der Waals surface area contributed by atoms with Gasteiger partial charge in [-0.15, -0.1) is 0 Å². The fourth-order valence-corrected chi connectivity index (χ4v) is 1.43. The van der Waals surface area contributed by atoms with E-state index in [2.05, 4.69) is 22.5 Å². The average molecular weight is 249 g/mol. The molecule has 0 bridgehead atoms. The monoisotopic (exact) mass is 249 g/mol. The van der Waals surface area contributed by atoms with Crippen molar-refractivity contribution < 1.29 is 9.59 Å². The molecule has 0 aliphatic rings. The van der Waals surface area contributed by atoms with Crippen LogP contribution in [-0.2, 0) is 9.59 Å². The maximum atomic E-state index is 11.5. The molecule has 0 radical (unpaired) electrons. The molecule has 0 saturated heterocycles. The molecule has 0 saturated carbocycles. The number of carbonyl (C=O) groups excluding carboxylic acids is 2. The lowest BCUT2D eigenvalue weighted by Crippen LogP contribution is -2.36. The Morgan fingerprint density at radius 3 is 2.72 bits per heavy atom. The quantitative estimate of drug-likeness (QED) is 0.615. The van der Waals surface area contributed by atoms with Crippen LogP contribution >= 0.6 is 0 Å². The van der Waals surface area contributed by atoms with E-state index in [-0.39, 0.29) is 0 Å². The van der Waals surface area contributed by atoms with Crippen LogP contribution in [0, 0.1) is 6.92 Å². The fourth-order valence-electron chi connectivity index (χ4n) is 1.43. The lowest BCUT2D eigenvalue weighted by atomic mass is 10.2. The first-order chi connectivity index (χ1) is 8.63. The van der Waals surface area contributed by atoms with Gasteiger partial charge < -0.3 is 10.6 Å². The van der Waals surface area contributed by atoms with Gasteiger partial charge in [0, 0.05) is 12.7 Å². The van der Waals surface area contributed by atoms with E-state index in [9.17, 15) is 9.59 Å². The van der Waals surface area contributed by atoms with E-state index in [0.717, 1.165) is 24.8 Å². The molecule has 5 nitrogen and oxygen atoms in total. The summed E-state index contributed by atoms with van der Waals surface area (Å²) in [5.74, 6) is -0.900. The minimum absolute atomic E-state index is 0.392. The number of pyridine rings is 1. The van der Waals surface area contributed by atoms with Crippen LogP contribution < -0.4 is 10.6 Å². The SMILES string of the molecule is CCCCCNC(=O)C(=O)Nc1cc(C)ccn1. The first-order valence-corrected chi connectivity index (χ1v) is 6.15. The molecule has 0 atom stereocenters. The molecular weight excluding hydrogens is 230 g/mol. The van der Waals surface area contributed by atoms with Crippen LogP contribution in [0.3, 0.4) is 0 Å². The van der Waals surface area contributed by atoms with Gasteiger partial charge in [-0.3, -0.25) is 9.59 Å². The molecule has 1 heterocycles. The van der Waals surface area contributed by atoms with E-state index in [4.69, 9.17) is 0 Å². The van der Waals surface area contributed by atoms with Gasteiger partial charge in [0.2, 0.25) is 0 Å². The highest BCUT2D eigenvalue weighted by molar-refractivity contribution is 6.39. The Kier molecular flexibility index (Phi) is 5.84. The number of carbonyl (C=O) groups is 2. The molecular formula is C13H19N3O2. The number of nitrogens with one attached hydrogen (secondary N) is 2. The Morgan fingerprint density at radius 2 is 2.06 bits per heavy atom. The predicted octanol–water partition coefficient (Wildman–Crippen LogP) is 1.63. The molecule has 0 fully saturated rings. The Morgan fingerprint density at radius 1 is 1.28 bits per heavy atom. The van der Waals surface area contributed by atoms with Crippen molar-refractivity contribution in [1.82, 2.24) is 10.3 Å². The maximum Gasteiger partial charge on any atom is 0.314 e. The lowest BCUT2D eigenvalue weighted by Gasteiger charge is -2.06. The first kappa shape index (κ1) is 14.2. The zero-order chi connectivity index (χ0) is 13.4. The summed E-state index contributed by atoms with van der Waals surface area (Å²) in [6.45, 7) is 4.50. The zero-order valence-electron chi connectivity index (χ0n) is 10.8. The lowest BCUT2D eigenvalue weighted by molar-refractivity contribution is -0.136. The van der Waals surface area contributed by atoms with Crippen LogP contribution in [-0.4, -0.2) is 23.3 Å².